The first-order valence-electron chi connectivity index (χ1n) is 6.85. The molecule has 104 valence electrons. The number of piperidine rings is 1. The maximum absolute atomic E-state index is 12.3. The van der Waals surface area contributed by atoms with Gasteiger partial charge in [-0.2, -0.15) is 0 Å². The monoisotopic (exact) mass is 256 g/mol. The average molecular weight is 256 g/mol. The first-order valence-corrected chi connectivity index (χ1v) is 6.85. The number of nitrogens with zero attached hydrogens (tertiary/aromatic N) is 1. The minimum Gasteiger partial charge on any atom is -0.395 e. The fourth-order valence-electron chi connectivity index (χ4n) is 2.26. The number of nitrogens with one attached hydrogen (secondary N) is 1. The van der Waals surface area contributed by atoms with Crippen LogP contribution in [0.3, 0.4) is 0 Å². The largest absolute Gasteiger partial charge is 0.395 e. The molecule has 1 heterocycles. The molecular formula is C13H24N2O3. The van der Waals surface area contributed by atoms with Crippen molar-refractivity contribution in [2.24, 2.45) is 5.92 Å². The summed E-state index contributed by atoms with van der Waals surface area (Å²) in [6, 6.07) is 0. The Morgan fingerprint density at radius 1 is 1.44 bits per heavy atom. The summed E-state index contributed by atoms with van der Waals surface area (Å²) < 4.78 is 0. The van der Waals surface area contributed by atoms with E-state index < -0.39 is 0 Å². The molecule has 0 radical (unpaired) electrons. The summed E-state index contributed by atoms with van der Waals surface area (Å²) in [4.78, 5) is 25.3. The molecule has 0 bridgehead atoms. The molecule has 2 N–H and O–H groups in total. The van der Waals surface area contributed by atoms with E-state index in [9.17, 15) is 9.59 Å². The second-order valence-electron chi connectivity index (χ2n) is 4.80. The van der Waals surface area contributed by atoms with Gasteiger partial charge in [0.2, 0.25) is 11.8 Å². The van der Waals surface area contributed by atoms with Gasteiger partial charge < -0.3 is 15.3 Å². The Hall–Kier alpha value is -1.10. The SMILES string of the molecule is CCCCCN(CCO)C(=O)C1CCNC(=O)C1. The highest BCUT2D eigenvalue weighted by Crippen LogP contribution is 2.16. The van der Waals surface area contributed by atoms with Crippen molar-refractivity contribution in [3.63, 3.8) is 0 Å². The van der Waals surface area contributed by atoms with Gasteiger partial charge >= 0.3 is 0 Å². The van der Waals surface area contributed by atoms with Crippen LogP contribution in [0.1, 0.15) is 39.0 Å². The van der Waals surface area contributed by atoms with E-state index in [1.807, 2.05) is 0 Å². The van der Waals surface area contributed by atoms with Crippen LogP contribution in [-0.4, -0.2) is 48.1 Å². The number of aliphatic hydroxyl groups excluding tert-OH is 1. The van der Waals surface area contributed by atoms with Gasteiger partial charge in [-0.3, -0.25) is 9.59 Å². The lowest BCUT2D eigenvalue weighted by atomic mass is 9.96. The van der Waals surface area contributed by atoms with Gasteiger partial charge in [-0.1, -0.05) is 19.8 Å². The summed E-state index contributed by atoms with van der Waals surface area (Å²) in [5.41, 5.74) is 0. The normalized spacial score (nSPS) is 19.4. The number of amides is 2. The summed E-state index contributed by atoms with van der Waals surface area (Å²) in [5.74, 6) is -0.223. The van der Waals surface area contributed by atoms with Gasteiger partial charge in [0.15, 0.2) is 0 Å². The highest BCUT2D eigenvalue weighted by atomic mass is 16.3. The van der Waals surface area contributed by atoms with Gasteiger partial charge in [0.1, 0.15) is 0 Å². The van der Waals surface area contributed by atoms with E-state index in [1.165, 1.54) is 0 Å². The maximum atomic E-state index is 12.3. The fraction of sp³-hybridized carbons (Fsp3) is 0.846. The zero-order valence-corrected chi connectivity index (χ0v) is 11.2. The van der Waals surface area contributed by atoms with Gasteiger partial charge in [0.25, 0.3) is 0 Å². The van der Waals surface area contributed by atoms with Crippen LogP contribution in [0, 0.1) is 5.92 Å². The van der Waals surface area contributed by atoms with Crippen LogP contribution < -0.4 is 5.32 Å². The first-order chi connectivity index (χ1) is 8.69. The molecule has 1 fully saturated rings. The predicted octanol–water partition coefficient (Wildman–Crippen LogP) is 0.524. The van der Waals surface area contributed by atoms with Crippen LogP contribution >= 0.6 is 0 Å². The number of aliphatic hydroxyl groups is 1. The molecule has 0 spiro atoms. The lowest BCUT2D eigenvalue weighted by Gasteiger charge is -2.28. The molecule has 0 aromatic heterocycles. The van der Waals surface area contributed by atoms with E-state index in [2.05, 4.69) is 12.2 Å². The number of hydrogen-bond acceptors (Lipinski definition) is 3. The molecule has 1 unspecified atom stereocenters. The molecule has 0 aromatic carbocycles. The smallest absolute Gasteiger partial charge is 0.226 e. The Labute approximate surface area is 109 Å². The molecule has 2 amide bonds. The number of rotatable bonds is 7. The zero-order valence-electron chi connectivity index (χ0n) is 11.2. The molecule has 1 aliphatic rings. The second-order valence-corrected chi connectivity index (χ2v) is 4.80. The van der Waals surface area contributed by atoms with Gasteiger partial charge in [-0.05, 0) is 12.8 Å². The number of carbonyl (C=O) groups excluding carboxylic acids is 2. The Balaban J connectivity index is 2.49. The van der Waals surface area contributed by atoms with Crippen molar-refractivity contribution in [3.8, 4) is 0 Å². The Morgan fingerprint density at radius 3 is 2.83 bits per heavy atom. The van der Waals surface area contributed by atoms with Crippen LogP contribution in [0.5, 0.6) is 0 Å². The Morgan fingerprint density at radius 2 is 2.22 bits per heavy atom. The molecule has 0 saturated carbocycles. The fourth-order valence-corrected chi connectivity index (χ4v) is 2.26. The quantitative estimate of drug-likeness (QED) is 0.653. The minimum atomic E-state index is -0.202. The highest BCUT2D eigenvalue weighted by molar-refractivity contribution is 5.86. The van der Waals surface area contributed by atoms with Crippen molar-refractivity contribution >= 4 is 11.8 Å². The predicted molar refractivity (Wildman–Crippen MR) is 68.9 cm³/mol. The van der Waals surface area contributed by atoms with Gasteiger partial charge in [0, 0.05) is 32.0 Å². The van der Waals surface area contributed by atoms with E-state index in [0.29, 0.717) is 26.1 Å². The third kappa shape index (κ3) is 4.64. The van der Waals surface area contributed by atoms with Crippen LogP contribution in [0.4, 0.5) is 0 Å². The molecule has 1 atom stereocenters. The number of unbranched alkanes of at least 4 members (excludes halogenated alkanes) is 2. The van der Waals surface area contributed by atoms with Gasteiger partial charge in [-0.15, -0.1) is 0 Å². The van der Waals surface area contributed by atoms with Crippen LogP contribution in [0.25, 0.3) is 0 Å². The molecule has 1 saturated heterocycles. The molecule has 5 nitrogen and oxygen atoms in total. The standard InChI is InChI=1S/C13H24N2O3/c1-2-3-4-7-15(8-9-16)13(18)11-5-6-14-12(17)10-11/h11,16H,2-10H2,1H3,(H,14,17). The third-order valence-electron chi connectivity index (χ3n) is 3.31. The molecule has 1 aliphatic heterocycles. The third-order valence-corrected chi connectivity index (χ3v) is 3.31. The van der Waals surface area contributed by atoms with Crippen LogP contribution in [-0.2, 0) is 9.59 Å². The average Bonchev–Trinajstić information content (AvgIpc) is 2.37. The number of hydrogen-bond donors (Lipinski definition) is 2. The zero-order chi connectivity index (χ0) is 13.4. The highest BCUT2D eigenvalue weighted by Gasteiger charge is 2.28. The summed E-state index contributed by atoms with van der Waals surface area (Å²) in [6.45, 7) is 3.74. The summed E-state index contributed by atoms with van der Waals surface area (Å²) >= 11 is 0. The minimum absolute atomic E-state index is 0.0171. The van der Waals surface area contributed by atoms with E-state index in [4.69, 9.17) is 5.11 Å². The van der Waals surface area contributed by atoms with Crippen molar-refractivity contribution in [2.45, 2.75) is 39.0 Å². The maximum Gasteiger partial charge on any atom is 0.226 e. The molecule has 5 heteroatoms. The van der Waals surface area contributed by atoms with Crippen molar-refractivity contribution in [1.29, 1.82) is 0 Å². The van der Waals surface area contributed by atoms with Crippen molar-refractivity contribution in [1.82, 2.24) is 10.2 Å². The van der Waals surface area contributed by atoms with E-state index in [-0.39, 0.29) is 30.8 Å². The van der Waals surface area contributed by atoms with Gasteiger partial charge in [0.05, 0.1) is 6.61 Å². The second kappa shape index (κ2) is 8.08. The Bertz CT molecular complexity index is 281. The van der Waals surface area contributed by atoms with E-state index >= 15 is 0 Å². The summed E-state index contributed by atoms with van der Waals surface area (Å²) in [6.07, 6.45) is 4.14. The number of carbonyl (C=O) groups is 2. The molecule has 0 aliphatic carbocycles. The summed E-state index contributed by atoms with van der Waals surface area (Å²) in [5, 5.41) is 11.8. The van der Waals surface area contributed by atoms with Crippen molar-refractivity contribution < 1.29 is 14.7 Å². The van der Waals surface area contributed by atoms with E-state index in [1.54, 1.807) is 4.90 Å². The molecular weight excluding hydrogens is 232 g/mol. The van der Waals surface area contributed by atoms with Gasteiger partial charge in [-0.25, -0.2) is 0 Å². The lowest BCUT2D eigenvalue weighted by molar-refractivity contribution is -0.140. The van der Waals surface area contributed by atoms with Crippen LogP contribution in [0.2, 0.25) is 0 Å². The van der Waals surface area contributed by atoms with E-state index in [0.717, 1.165) is 19.3 Å². The molecule has 18 heavy (non-hydrogen) atoms. The topological polar surface area (TPSA) is 69.6 Å². The first kappa shape index (κ1) is 15.0. The Kier molecular flexibility index (Phi) is 6.72. The molecule has 1 rings (SSSR count). The van der Waals surface area contributed by atoms with Crippen molar-refractivity contribution in [2.75, 3.05) is 26.2 Å². The molecule has 0 aromatic rings. The summed E-state index contributed by atoms with van der Waals surface area (Å²) in [7, 11) is 0. The van der Waals surface area contributed by atoms with Crippen molar-refractivity contribution in [3.05, 3.63) is 0 Å². The van der Waals surface area contributed by atoms with Crippen LogP contribution in [0.15, 0.2) is 0 Å². The lowest BCUT2D eigenvalue weighted by Crippen LogP contribution is -2.44.